The Bertz CT molecular complexity index is 902. The average Bonchev–Trinajstić information content (AvgIpc) is 3.24. The lowest BCUT2D eigenvalue weighted by Crippen LogP contribution is -2.32. The topological polar surface area (TPSA) is 44.0 Å². The smallest absolute Gasteiger partial charge is 0.165 e. The predicted octanol–water partition coefficient (Wildman–Crippen LogP) is 3.69. The highest BCUT2D eigenvalue weighted by Gasteiger charge is 2.25. The summed E-state index contributed by atoms with van der Waals surface area (Å²) in [6.45, 7) is 6.71. The minimum Gasteiger partial charge on any atom is -0.357 e. The molecule has 3 heterocycles. The number of nitrogens with one attached hydrogen (secondary N) is 2. The molecule has 1 aliphatic heterocycles. The number of benzene rings is 1. The van der Waals surface area contributed by atoms with E-state index >= 15 is 0 Å². The van der Waals surface area contributed by atoms with Crippen LogP contribution in [-0.2, 0) is 6.54 Å². The van der Waals surface area contributed by atoms with Crippen molar-refractivity contribution in [2.45, 2.75) is 32.9 Å². The molecule has 1 aliphatic rings. The molecule has 0 saturated carbocycles. The van der Waals surface area contributed by atoms with Gasteiger partial charge in [-0.2, -0.15) is 0 Å². The monoisotopic (exact) mass is 338 g/mol. The van der Waals surface area contributed by atoms with E-state index in [1.807, 2.05) is 4.90 Å². The fourth-order valence-electron chi connectivity index (χ4n) is 3.59. The molecule has 5 heteroatoms. The fraction of sp³-hybridized carbons (Fsp3) is 0.350. The van der Waals surface area contributed by atoms with Crippen molar-refractivity contribution in [1.29, 1.82) is 0 Å². The summed E-state index contributed by atoms with van der Waals surface area (Å²) in [4.78, 5) is 9.69. The number of halogens is 1. The van der Waals surface area contributed by atoms with Crippen LogP contribution in [0.2, 0.25) is 0 Å². The van der Waals surface area contributed by atoms with Crippen LogP contribution in [0.3, 0.4) is 0 Å². The first-order chi connectivity index (χ1) is 12.1. The van der Waals surface area contributed by atoms with Crippen LogP contribution in [0.5, 0.6) is 0 Å². The molecule has 0 unspecified atom stereocenters. The number of anilines is 1. The van der Waals surface area contributed by atoms with Crippen molar-refractivity contribution in [3.8, 4) is 0 Å². The third-order valence-electron chi connectivity index (χ3n) is 5.21. The van der Waals surface area contributed by atoms with Gasteiger partial charge in [-0.05, 0) is 55.7 Å². The lowest BCUT2D eigenvalue weighted by atomic mass is 10.1. The zero-order valence-corrected chi connectivity index (χ0v) is 14.6. The summed E-state index contributed by atoms with van der Waals surface area (Å²) >= 11 is 0. The maximum absolute atomic E-state index is 13.9. The molecule has 1 aromatic carbocycles. The maximum atomic E-state index is 13.9. The van der Waals surface area contributed by atoms with Crippen molar-refractivity contribution in [1.82, 2.24) is 15.3 Å². The molecular weight excluding hydrogens is 315 g/mol. The Hall–Kier alpha value is -2.40. The van der Waals surface area contributed by atoms with Gasteiger partial charge in [-0.15, -0.1) is 0 Å². The predicted molar refractivity (Wildman–Crippen MR) is 99.4 cm³/mol. The largest absolute Gasteiger partial charge is 0.357 e. The minimum atomic E-state index is -0.246. The molecule has 0 spiro atoms. The first-order valence-electron chi connectivity index (χ1n) is 8.78. The Kier molecular flexibility index (Phi) is 4.17. The molecule has 0 radical (unpaired) electrons. The van der Waals surface area contributed by atoms with Crippen LogP contribution in [0, 0.1) is 19.7 Å². The van der Waals surface area contributed by atoms with Gasteiger partial charge in [0.1, 0.15) is 0 Å². The number of hydrogen-bond donors (Lipinski definition) is 2. The van der Waals surface area contributed by atoms with Gasteiger partial charge in [0.05, 0.1) is 0 Å². The molecule has 2 N–H and O–H groups in total. The Morgan fingerprint density at radius 1 is 1.32 bits per heavy atom. The standard InChI is InChI=1S/C20H23FN4/c1-13-5-6-19-17(14(13)2)10-16(24-19)11-23-15-7-9-25(12-15)20-18(21)4-3-8-22-20/h3-6,8,10,15,23-24H,7,9,11-12H2,1-2H3/t15-/m0/s1. The summed E-state index contributed by atoms with van der Waals surface area (Å²) in [6, 6.07) is 9.97. The molecule has 0 amide bonds. The molecular formula is C20H23FN4. The molecule has 1 saturated heterocycles. The second kappa shape index (κ2) is 6.48. The van der Waals surface area contributed by atoms with Crippen LogP contribution in [0.4, 0.5) is 10.2 Å². The van der Waals surface area contributed by atoms with Crippen molar-refractivity contribution < 1.29 is 4.39 Å². The van der Waals surface area contributed by atoms with Gasteiger partial charge in [0, 0.05) is 48.5 Å². The normalized spacial score (nSPS) is 17.6. The summed E-state index contributed by atoms with van der Waals surface area (Å²) < 4.78 is 13.9. The van der Waals surface area contributed by atoms with Crippen LogP contribution >= 0.6 is 0 Å². The number of rotatable bonds is 4. The van der Waals surface area contributed by atoms with Crippen molar-refractivity contribution in [2.24, 2.45) is 0 Å². The summed E-state index contributed by atoms with van der Waals surface area (Å²) in [5.41, 5.74) is 5.02. The van der Waals surface area contributed by atoms with E-state index in [1.165, 1.54) is 33.8 Å². The van der Waals surface area contributed by atoms with E-state index < -0.39 is 0 Å². The van der Waals surface area contributed by atoms with E-state index in [4.69, 9.17) is 0 Å². The third kappa shape index (κ3) is 3.12. The molecule has 4 nitrogen and oxygen atoms in total. The second-order valence-electron chi connectivity index (χ2n) is 6.88. The van der Waals surface area contributed by atoms with Crippen LogP contribution in [-0.4, -0.2) is 29.1 Å². The zero-order chi connectivity index (χ0) is 17.4. The number of hydrogen-bond acceptors (Lipinski definition) is 3. The van der Waals surface area contributed by atoms with Crippen molar-refractivity contribution in [3.63, 3.8) is 0 Å². The summed E-state index contributed by atoms with van der Waals surface area (Å²) in [5, 5.41) is 4.88. The molecule has 0 bridgehead atoms. The van der Waals surface area contributed by atoms with E-state index in [-0.39, 0.29) is 5.82 Å². The average molecular weight is 338 g/mol. The van der Waals surface area contributed by atoms with Crippen LogP contribution in [0.25, 0.3) is 10.9 Å². The minimum absolute atomic E-state index is 0.246. The molecule has 3 aromatic rings. The second-order valence-corrected chi connectivity index (χ2v) is 6.88. The van der Waals surface area contributed by atoms with Gasteiger partial charge >= 0.3 is 0 Å². The van der Waals surface area contributed by atoms with Crippen LogP contribution < -0.4 is 10.2 Å². The Morgan fingerprint density at radius 3 is 3.04 bits per heavy atom. The number of aromatic nitrogens is 2. The van der Waals surface area contributed by atoms with E-state index in [0.717, 1.165) is 26.1 Å². The van der Waals surface area contributed by atoms with Gasteiger partial charge < -0.3 is 15.2 Å². The van der Waals surface area contributed by atoms with Crippen LogP contribution in [0.1, 0.15) is 23.2 Å². The quantitative estimate of drug-likeness (QED) is 0.762. The number of nitrogens with zero attached hydrogens (tertiary/aromatic N) is 2. The Morgan fingerprint density at radius 2 is 2.20 bits per heavy atom. The molecule has 0 aliphatic carbocycles. The third-order valence-corrected chi connectivity index (χ3v) is 5.21. The molecule has 2 aromatic heterocycles. The summed E-state index contributed by atoms with van der Waals surface area (Å²) in [7, 11) is 0. The van der Waals surface area contributed by atoms with E-state index in [2.05, 4.69) is 47.3 Å². The first kappa shape index (κ1) is 16.1. The van der Waals surface area contributed by atoms with E-state index in [0.29, 0.717) is 11.9 Å². The molecule has 130 valence electrons. The fourth-order valence-corrected chi connectivity index (χ4v) is 3.59. The Labute approximate surface area is 147 Å². The van der Waals surface area contributed by atoms with Gasteiger partial charge in [-0.3, -0.25) is 0 Å². The molecule has 25 heavy (non-hydrogen) atoms. The maximum Gasteiger partial charge on any atom is 0.165 e. The highest BCUT2D eigenvalue weighted by molar-refractivity contribution is 5.84. The number of fused-ring (bicyclic) bond motifs is 1. The Balaban J connectivity index is 1.41. The lowest BCUT2D eigenvalue weighted by Gasteiger charge is -2.18. The number of pyridine rings is 1. The van der Waals surface area contributed by atoms with Gasteiger partial charge in [0.25, 0.3) is 0 Å². The SMILES string of the molecule is Cc1ccc2[nH]c(CN[C@H]3CCN(c4ncccc4F)C3)cc2c1C. The molecule has 4 rings (SSSR count). The number of aromatic amines is 1. The van der Waals surface area contributed by atoms with E-state index in [1.54, 1.807) is 12.3 Å². The number of H-pyrrole nitrogens is 1. The van der Waals surface area contributed by atoms with Crippen molar-refractivity contribution in [3.05, 3.63) is 59.2 Å². The van der Waals surface area contributed by atoms with Gasteiger partial charge in [-0.25, -0.2) is 9.37 Å². The van der Waals surface area contributed by atoms with Gasteiger partial charge in [-0.1, -0.05) is 6.07 Å². The number of aryl methyl sites for hydroxylation is 2. The van der Waals surface area contributed by atoms with Gasteiger partial charge in [0.15, 0.2) is 11.6 Å². The zero-order valence-electron chi connectivity index (χ0n) is 14.6. The molecule has 1 atom stereocenters. The summed E-state index contributed by atoms with van der Waals surface area (Å²) in [6.07, 6.45) is 2.64. The first-order valence-corrected chi connectivity index (χ1v) is 8.78. The van der Waals surface area contributed by atoms with Gasteiger partial charge in [0.2, 0.25) is 0 Å². The summed E-state index contributed by atoms with van der Waals surface area (Å²) in [5.74, 6) is 0.216. The van der Waals surface area contributed by atoms with Crippen molar-refractivity contribution >= 4 is 16.7 Å². The molecule has 1 fully saturated rings. The lowest BCUT2D eigenvalue weighted by molar-refractivity contribution is 0.545. The highest BCUT2D eigenvalue weighted by Crippen LogP contribution is 2.23. The highest BCUT2D eigenvalue weighted by atomic mass is 19.1. The van der Waals surface area contributed by atoms with Crippen LogP contribution in [0.15, 0.2) is 36.5 Å². The van der Waals surface area contributed by atoms with Crippen molar-refractivity contribution in [2.75, 3.05) is 18.0 Å². The van der Waals surface area contributed by atoms with E-state index in [9.17, 15) is 4.39 Å².